The van der Waals surface area contributed by atoms with Gasteiger partial charge < -0.3 is 5.32 Å². The summed E-state index contributed by atoms with van der Waals surface area (Å²) in [5, 5.41) is 3.55. The van der Waals surface area contributed by atoms with Crippen LogP contribution in [-0.4, -0.2) is 29.1 Å². The van der Waals surface area contributed by atoms with E-state index >= 15 is 0 Å². The highest BCUT2D eigenvalue weighted by molar-refractivity contribution is 7.99. The summed E-state index contributed by atoms with van der Waals surface area (Å²) in [5.41, 5.74) is 1.31. The van der Waals surface area contributed by atoms with Crippen molar-refractivity contribution in [3.05, 3.63) is 30.1 Å². The summed E-state index contributed by atoms with van der Waals surface area (Å²) in [6.45, 7) is 5.52. The Hall–Kier alpha value is -0.540. The second-order valence-electron chi connectivity index (χ2n) is 3.95. The van der Waals surface area contributed by atoms with E-state index in [-0.39, 0.29) is 0 Å². The zero-order valence-corrected chi connectivity index (χ0v) is 11.1. The van der Waals surface area contributed by atoms with Gasteiger partial charge in [-0.3, -0.25) is 4.98 Å². The fourth-order valence-corrected chi connectivity index (χ4v) is 2.32. The van der Waals surface area contributed by atoms with Crippen LogP contribution in [0.15, 0.2) is 24.5 Å². The molecule has 2 nitrogen and oxygen atoms in total. The summed E-state index contributed by atoms with van der Waals surface area (Å²) in [4.78, 5) is 4.11. The highest BCUT2D eigenvalue weighted by Gasteiger charge is 2.00. The van der Waals surface area contributed by atoms with Crippen molar-refractivity contribution >= 4 is 11.8 Å². The Morgan fingerprint density at radius 3 is 3.06 bits per heavy atom. The van der Waals surface area contributed by atoms with Gasteiger partial charge in [-0.2, -0.15) is 11.8 Å². The van der Waals surface area contributed by atoms with Crippen LogP contribution in [0.25, 0.3) is 0 Å². The highest BCUT2D eigenvalue weighted by atomic mass is 32.2. The third-order valence-corrected chi connectivity index (χ3v) is 3.46. The fraction of sp³-hybridized carbons (Fsp3) is 0.615. The molecule has 0 aliphatic rings. The number of pyridine rings is 1. The molecule has 0 bridgehead atoms. The molecule has 0 aliphatic carbocycles. The zero-order valence-electron chi connectivity index (χ0n) is 10.3. The standard InChI is InChI=1S/C13H22N2S/c1-3-16-10-7-12(2)15-9-6-13-5-4-8-14-11-13/h4-5,8,11-12,15H,3,6-7,9-10H2,1-2H3. The molecule has 1 unspecified atom stereocenters. The minimum atomic E-state index is 0.621. The first kappa shape index (κ1) is 13.5. The van der Waals surface area contributed by atoms with Crippen LogP contribution < -0.4 is 5.32 Å². The van der Waals surface area contributed by atoms with E-state index < -0.39 is 0 Å². The molecular formula is C13H22N2S. The Morgan fingerprint density at radius 2 is 2.38 bits per heavy atom. The summed E-state index contributed by atoms with van der Waals surface area (Å²) in [6, 6.07) is 4.75. The van der Waals surface area contributed by atoms with Crippen molar-refractivity contribution in [2.75, 3.05) is 18.1 Å². The van der Waals surface area contributed by atoms with Gasteiger partial charge in [0.15, 0.2) is 0 Å². The van der Waals surface area contributed by atoms with Gasteiger partial charge in [0.2, 0.25) is 0 Å². The number of nitrogens with zero attached hydrogens (tertiary/aromatic N) is 1. The second kappa shape index (κ2) is 8.59. The highest BCUT2D eigenvalue weighted by Crippen LogP contribution is 2.04. The molecule has 1 aromatic rings. The summed E-state index contributed by atoms with van der Waals surface area (Å²) >= 11 is 2.02. The smallest absolute Gasteiger partial charge is 0.0300 e. The molecular weight excluding hydrogens is 216 g/mol. The minimum absolute atomic E-state index is 0.621. The number of nitrogens with one attached hydrogen (secondary N) is 1. The van der Waals surface area contributed by atoms with E-state index in [1.165, 1.54) is 23.5 Å². The van der Waals surface area contributed by atoms with Gasteiger partial charge in [-0.05, 0) is 49.4 Å². The lowest BCUT2D eigenvalue weighted by Crippen LogP contribution is -2.28. The van der Waals surface area contributed by atoms with Gasteiger partial charge >= 0.3 is 0 Å². The van der Waals surface area contributed by atoms with E-state index in [0.717, 1.165) is 13.0 Å². The monoisotopic (exact) mass is 238 g/mol. The minimum Gasteiger partial charge on any atom is -0.314 e. The first-order chi connectivity index (χ1) is 7.83. The van der Waals surface area contributed by atoms with Crippen molar-refractivity contribution in [1.82, 2.24) is 10.3 Å². The van der Waals surface area contributed by atoms with Gasteiger partial charge in [0.1, 0.15) is 0 Å². The Kier molecular flexibility index (Phi) is 7.26. The van der Waals surface area contributed by atoms with Crippen LogP contribution >= 0.6 is 11.8 Å². The lowest BCUT2D eigenvalue weighted by molar-refractivity contribution is 0.540. The molecule has 3 heteroatoms. The van der Waals surface area contributed by atoms with Crippen LogP contribution in [0.3, 0.4) is 0 Å². The van der Waals surface area contributed by atoms with E-state index in [2.05, 4.69) is 30.2 Å². The number of hydrogen-bond donors (Lipinski definition) is 1. The number of thioether (sulfide) groups is 1. The summed E-state index contributed by atoms with van der Waals surface area (Å²) < 4.78 is 0. The van der Waals surface area contributed by atoms with Gasteiger partial charge in [-0.1, -0.05) is 13.0 Å². The summed E-state index contributed by atoms with van der Waals surface area (Å²) in [5.74, 6) is 2.49. The molecule has 0 radical (unpaired) electrons. The van der Waals surface area contributed by atoms with Crippen molar-refractivity contribution in [3.8, 4) is 0 Å². The largest absolute Gasteiger partial charge is 0.314 e. The predicted molar refractivity (Wildman–Crippen MR) is 73.0 cm³/mol. The number of rotatable bonds is 8. The summed E-state index contributed by atoms with van der Waals surface area (Å²) in [7, 11) is 0. The lowest BCUT2D eigenvalue weighted by Gasteiger charge is -2.13. The molecule has 1 rings (SSSR count). The third kappa shape index (κ3) is 6.13. The third-order valence-electron chi connectivity index (χ3n) is 2.53. The maximum atomic E-state index is 4.11. The van der Waals surface area contributed by atoms with Crippen LogP contribution in [0.5, 0.6) is 0 Å². The fourth-order valence-electron chi connectivity index (χ4n) is 1.52. The van der Waals surface area contributed by atoms with Crippen LogP contribution in [0.1, 0.15) is 25.8 Å². The van der Waals surface area contributed by atoms with Crippen LogP contribution in [-0.2, 0) is 6.42 Å². The van der Waals surface area contributed by atoms with E-state index in [1.807, 2.05) is 30.2 Å². The molecule has 1 N–H and O–H groups in total. The van der Waals surface area contributed by atoms with E-state index in [4.69, 9.17) is 0 Å². The Labute approximate surface area is 103 Å². The van der Waals surface area contributed by atoms with Crippen molar-refractivity contribution in [1.29, 1.82) is 0 Å². The summed E-state index contributed by atoms with van der Waals surface area (Å²) in [6.07, 6.45) is 6.09. The molecule has 0 saturated carbocycles. The molecule has 0 aromatic carbocycles. The second-order valence-corrected chi connectivity index (χ2v) is 5.35. The predicted octanol–water partition coefficient (Wildman–Crippen LogP) is 2.75. The van der Waals surface area contributed by atoms with Crippen LogP contribution in [0.2, 0.25) is 0 Å². The van der Waals surface area contributed by atoms with Crippen LogP contribution in [0, 0.1) is 0 Å². The Morgan fingerprint density at radius 1 is 1.50 bits per heavy atom. The van der Waals surface area contributed by atoms with Gasteiger partial charge in [0, 0.05) is 18.4 Å². The maximum absolute atomic E-state index is 4.11. The quantitative estimate of drug-likeness (QED) is 0.705. The average molecular weight is 238 g/mol. The molecule has 0 spiro atoms. The molecule has 16 heavy (non-hydrogen) atoms. The van der Waals surface area contributed by atoms with E-state index in [9.17, 15) is 0 Å². The molecule has 1 aromatic heterocycles. The average Bonchev–Trinajstić information content (AvgIpc) is 2.31. The molecule has 90 valence electrons. The first-order valence-corrected chi connectivity index (χ1v) is 7.18. The van der Waals surface area contributed by atoms with Gasteiger partial charge in [0.05, 0.1) is 0 Å². The van der Waals surface area contributed by atoms with Crippen LogP contribution in [0.4, 0.5) is 0 Å². The van der Waals surface area contributed by atoms with Crippen molar-refractivity contribution in [3.63, 3.8) is 0 Å². The van der Waals surface area contributed by atoms with Crippen molar-refractivity contribution in [2.45, 2.75) is 32.7 Å². The molecule has 1 heterocycles. The molecule has 0 amide bonds. The van der Waals surface area contributed by atoms with Crippen molar-refractivity contribution < 1.29 is 0 Å². The van der Waals surface area contributed by atoms with E-state index in [0.29, 0.717) is 6.04 Å². The first-order valence-electron chi connectivity index (χ1n) is 6.03. The molecule has 0 saturated heterocycles. The van der Waals surface area contributed by atoms with Crippen molar-refractivity contribution in [2.24, 2.45) is 0 Å². The van der Waals surface area contributed by atoms with Gasteiger partial charge in [0.25, 0.3) is 0 Å². The molecule has 1 atom stereocenters. The molecule has 0 aliphatic heterocycles. The Balaban J connectivity index is 2.06. The SMILES string of the molecule is CCSCCC(C)NCCc1cccnc1. The Bertz CT molecular complexity index is 264. The maximum Gasteiger partial charge on any atom is 0.0300 e. The van der Waals surface area contributed by atoms with E-state index in [1.54, 1.807) is 0 Å². The number of aromatic nitrogens is 1. The normalized spacial score (nSPS) is 12.6. The van der Waals surface area contributed by atoms with Gasteiger partial charge in [-0.15, -0.1) is 0 Å². The van der Waals surface area contributed by atoms with Gasteiger partial charge in [-0.25, -0.2) is 0 Å². The topological polar surface area (TPSA) is 24.9 Å². The lowest BCUT2D eigenvalue weighted by atomic mass is 10.2. The molecule has 0 fully saturated rings. The zero-order chi connectivity index (χ0) is 11.6. The number of hydrogen-bond acceptors (Lipinski definition) is 3.